The number of Topliss-reactive ketones (excluding diaryl/α,β-unsaturated/α-hetero) is 1. The van der Waals surface area contributed by atoms with Crippen LogP contribution in [0.2, 0.25) is 0 Å². The summed E-state index contributed by atoms with van der Waals surface area (Å²) in [5.41, 5.74) is 2.66. The van der Waals surface area contributed by atoms with E-state index in [0.29, 0.717) is 11.7 Å². The van der Waals surface area contributed by atoms with Gasteiger partial charge in [-0.25, -0.2) is 0 Å². The SMILES string of the molecule is CC1C2=C(CCC2)C(=O)C1CN(C)C.Cl. The topological polar surface area (TPSA) is 20.3 Å². The third-order valence-electron chi connectivity index (χ3n) is 3.61. The van der Waals surface area contributed by atoms with Gasteiger partial charge in [0.2, 0.25) is 0 Å². The molecule has 2 aliphatic carbocycles. The lowest BCUT2D eigenvalue weighted by Gasteiger charge is -2.21. The van der Waals surface area contributed by atoms with Crippen LogP contribution in [-0.4, -0.2) is 31.3 Å². The van der Waals surface area contributed by atoms with Crippen molar-refractivity contribution >= 4 is 18.2 Å². The highest BCUT2D eigenvalue weighted by molar-refractivity contribution is 6.01. The van der Waals surface area contributed by atoms with E-state index in [1.807, 2.05) is 14.1 Å². The Morgan fingerprint density at radius 3 is 2.53 bits per heavy atom. The van der Waals surface area contributed by atoms with Crippen LogP contribution in [0, 0.1) is 11.8 Å². The lowest BCUT2D eigenvalue weighted by molar-refractivity contribution is -0.119. The molecule has 15 heavy (non-hydrogen) atoms. The zero-order valence-electron chi connectivity index (χ0n) is 9.75. The molecule has 0 saturated heterocycles. The summed E-state index contributed by atoms with van der Waals surface area (Å²) in [5.74, 6) is 1.19. The molecule has 2 rings (SSSR count). The zero-order chi connectivity index (χ0) is 10.3. The Kier molecular flexibility index (Phi) is 3.96. The van der Waals surface area contributed by atoms with Crippen molar-refractivity contribution in [3.05, 3.63) is 11.1 Å². The first-order valence-electron chi connectivity index (χ1n) is 5.52. The van der Waals surface area contributed by atoms with Gasteiger partial charge in [0, 0.05) is 12.5 Å². The van der Waals surface area contributed by atoms with Crippen molar-refractivity contribution in [3.63, 3.8) is 0 Å². The molecule has 2 aliphatic rings. The average Bonchev–Trinajstić information content (AvgIpc) is 2.65. The molecule has 0 aromatic heterocycles. The lowest BCUT2D eigenvalue weighted by atomic mass is 9.90. The fraction of sp³-hybridized carbons (Fsp3) is 0.750. The highest BCUT2D eigenvalue weighted by Gasteiger charge is 2.40. The minimum atomic E-state index is 0. The Hall–Kier alpha value is -0.340. The first-order valence-corrected chi connectivity index (χ1v) is 5.52. The molecule has 3 heteroatoms. The van der Waals surface area contributed by atoms with E-state index >= 15 is 0 Å². The van der Waals surface area contributed by atoms with E-state index in [0.717, 1.165) is 13.0 Å². The maximum absolute atomic E-state index is 12.0. The van der Waals surface area contributed by atoms with Gasteiger partial charge >= 0.3 is 0 Å². The molecule has 0 saturated carbocycles. The predicted octanol–water partition coefficient (Wildman–Crippen LogP) is 2.29. The predicted molar refractivity (Wildman–Crippen MR) is 64.3 cm³/mol. The van der Waals surface area contributed by atoms with Crippen molar-refractivity contribution in [2.75, 3.05) is 20.6 Å². The molecule has 0 aromatic carbocycles. The van der Waals surface area contributed by atoms with E-state index < -0.39 is 0 Å². The van der Waals surface area contributed by atoms with E-state index in [2.05, 4.69) is 11.8 Å². The van der Waals surface area contributed by atoms with Crippen LogP contribution in [0.25, 0.3) is 0 Å². The van der Waals surface area contributed by atoms with Gasteiger partial charge in [-0.1, -0.05) is 12.5 Å². The minimum absolute atomic E-state index is 0. The highest BCUT2D eigenvalue weighted by atomic mass is 35.5. The van der Waals surface area contributed by atoms with Gasteiger partial charge in [0.05, 0.1) is 0 Å². The summed E-state index contributed by atoms with van der Waals surface area (Å²) in [6.45, 7) is 3.13. The molecular formula is C12H20ClNO. The van der Waals surface area contributed by atoms with Crippen molar-refractivity contribution in [2.45, 2.75) is 26.2 Å². The second-order valence-corrected chi connectivity index (χ2v) is 4.88. The summed E-state index contributed by atoms with van der Waals surface area (Å²) in [4.78, 5) is 14.2. The lowest BCUT2D eigenvalue weighted by Crippen LogP contribution is -2.29. The van der Waals surface area contributed by atoms with Crippen molar-refractivity contribution in [2.24, 2.45) is 11.8 Å². The van der Waals surface area contributed by atoms with Crippen LogP contribution in [0.15, 0.2) is 11.1 Å². The molecule has 0 amide bonds. The summed E-state index contributed by atoms with van der Waals surface area (Å²) in [6.07, 6.45) is 3.42. The summed E-state index contributed by atoms with van der Waals surface area (Å²) in [7, 11) is 4.09. The first kappa shape index (κ1) is 12.7. The number of allylic oxidation sites excluding steroid dienone is 2. The third kappa shape index (κ3) is 2.11. The molecule has 2 unspecified atom stereocenters. The molecular weight excluding hydrogens is 210 g/mol. The molecule has 0 spiro atoms. The molecule has 0 bridgehead atoms. The normalized spacial score (nSPS) is 29.7. The van der Waals surface area contributed by atoms with E-state index in [1.165, 1.54) is 24.0 Å². The van der Waals surface area contributed by atoms with Gasteiger partial charge in [0.25, 0.3) is 0 Å². The van der Waals surface area contributed by atoms with E-state index in [4.69, 9.17) is 0 Å². The largest absolute Gasteiger partial charge is 0.309 e. The van der Waals surface area contributed by atoms with Crippen LogP contribution < -0.4 is 0 Å². The van der Waals surface area contributed by atoms with E-state index in [-0.39, 0.29) is 18.3 Å². The van der Waals surface area contributed by atoms with E-state index in [1.54, 1.807) is 0 Å². The molecule has 86 valence electrons. The maximum atomic E-state index is 12.0. The summed E-state index contributed by atoms with van der Waals surface area (Å²) in [6, 6.07) is 0. The number of ketones is 1. The summed E-state index contributed by atoms with van der Waals surface area (Å²) in [5, 5.41) is 0. The molecule has 0 heterocycles. The third-order valence-corrected chi connectivity index (χ3v) is 3.61. The van der Waals surface area contributed by atoms with Gasteiger partial charge in [-0.05, 0) is 44.8 Å². The van der Waals surface area contributed by atoms with Gasteiger partial charge < -0.3 is 4.90 Å². The molecule has 2 nitrogen and oxygen atoms in total. The molecule has 0 aromatic rings. The number of nitrogens with zero attached hydrogens (tertiary/aromatic N) is 1. The summed E-state index contributed by atoms with van der Waals surface area (Å²) >= 11 is 0. The number of hydrogen-bond acceptors (Lipinski definition) is 2. The van der Waals surface area contributed by atoms with Gasteiger partial charge in [0.15, 0.2) is 5.78 Å². The van der Waals surface area contributed by atoms with Gasteiger partial charge in [0.1, 0.15) is 0 Å². The standard InChI is InChI=1S/C12H19NO.ClH/c1-8-9-5-4-6-10(9)12(14)11(8)7-13(2)3;/h8,11H,4-7H2,1-3H3;1H. The number of halogens is 1. The van der Waals surface area contributed by atoms with Gasteiger partial charge in [-0.3, -0.25) is 4.79 Å². The monoisotopic (exact) mass is 229 g/mol. The Labute approximate surface area is 98.1 Å². The highest BCUT2D eigenvalue weighted by Crippen LogP contribution is 2.43. The van der Waals surface area contributed by atoms with Gasteiger partial charge in [-0.15, -0.1) is 12.4 Å². The van der Waals surface area contributed by atoms with E-state index in [9.17, 15) is 4.79 Å². The van der Waals surface area contributed by atoms with Crippen LogP contribution in [0.5, 0.6) is 0 Å². The number of hydrogen-bond donors (Lipinski definition) is 0. The molecule has 0 aliphatic heterocycles. The zero-order valence-corrected chi connectivity index (χ0v) is 10.6. The number of rotatable bonds is 2. The maximum Gasteiger partial charge on any atom is 0.163 e. The summed E-state index contributed by atoms with van der Waals surface area (Å²) < 4.78 is 0. The first-order chi connectivity index (χ1) is 6.61. The fourth-order valence-electron chi connectivity index (χ4n) is 2.88. The number of carbonyl (C=O) groups is 1. The van der Waals surface area contributed by atoms with Crippen molar-refractivity contribution < 1.29 is 4.79 Å². The van der Waals surface area contributed by atoms with Crippen LogP contribution in [0.3, 0.4) is 0 Å². The second kappa shape index (κ2) is 4.67. The number of carbonyl (C=O) groups excluding carboxylic acids is 1. The quantitative estimate of drug-likeness (QED) is 0.724. The Bertz CT molecular complexity index is 296. The van der Waals surface area contributed by atoms with Crippen molar-refractivity contribution in [1.82, 2.24) is 4.90 Å². The Balaban J connectivity index is 0.00000112. The second-order valence-electron chi connectivity index (χ2n) is 4.88. The average molecular weight is 230 g/mol. The van der Waals surface area contributed by atoms with Crippen LogP contribution in [0.4, 0.5) is 0 Å². The minimum Gasteiger partial charge on any atom is -0.309 e. The van der Waals surface area contributed by atoms with Crippen molar-refractivity contribution in [3.8, 4) is 0 Å². The van der Waals surface area contributed by atoms with Crippen LogP contribution >= 0.6 is 12.4 Å². The van der Waals surface area contributed by atoms with Crippen molar-refractivity contribution in [1.29, 1.82) is 0 Å². The Morgan fingerprint density at radius 2 is 2.00 bits per heavy atom. The fourth-order valence-corrected chi connectivity index (χ4v) is 2.88. The smallest absolute Gasteiger partial charge is 0.163 e. The van der Waals surface area contributed by atoms with Gasteiger partial charge in [-0.2, -0.15) is 0 Å². The Morgan fingerprint density at radius 1 is 1.33 bits per heavy atom. The molecule has 0 N–H and O–H groups in total. The van der Waals surface area contributed by atoms with Crippen LogP contribution in [0.1, 0.15) is 26.2 Å². The molecule has 0 fully saturated rings. The molecule has 0 radical (unpaired) electrons. The van der Waals surface area contributed by atoms with Crippen LogP contribution in [-0.2, 0) is 4.79 Å². The molecule has 2 atom stereocenters.